The molecule has 4 rings (SSSR count). The van der Waals surface area contributed by atoms with Crippen LogP contribution in [0, 0.1) is 26.2 Å². The highest BCUT2D eigenvalue weighted by Crippen LogP contribution is 2.48. The van der Waals surface area contributed by atoms with Gasteiger partial charge in [-0.25, -0.2) is 4.98 Å². The molecule has 152 valence electrons. The first-order valence-corrected chi connectivity index (χ1v) is 9.90. The predicted molar refractivity (Wildman–Crippen MR) is 106 cm³/mol. The van der Waals surface area contributed by atoms with Gasteiger partial charge in [-0.1, -0.05) is 0 Å². The third kappa shape index (κ3) is 3.06. The van der Waals surface area contributed by atoms with Crippen molar-refractivity contribution in [1.29, 1.82) is 0 Å². The molecule has 0 N–H and O–H groups in total. The Bertz CT molecular complexity index is 878. The summed E-state index contributed by atoms with van der Waals surface area (Å²) in [6.45, 7) is 10.8. The summed E-state index contributed by atoms with van der Waals surface area (Å²) in [6, 6.07) is 2.01. The van der Waals surface area contributed by atoms with Gasteiger partial charge in [0.1, 0.15) is 5.76 Å². The van der Waals surface area contributed by atoms with Crippen molar-refractivity contribution in [2.75, 3.05) is 46.9 Å². The molecular weight excluding hydrogens is 356 g/mol. The van der Waals surface area contributed by atoms with Crippen LogP contribution in [-0.2, 0) is 11.3 Å². The van der Waals surface area contributed by atoms with E-state index in [1.165, 1.54) is 0 Å². The average molecular weight is 386 g/mol. The summed E-state index contributed by atoms with van der Waals surface area (Å²) in [5.74, 6) is 2.02. The number of amides is 1. The second kappa shape index (κ2) is 7.04. The molecule has 0 aromatic carbocycles. The number of hydrogen-bond acceptors (Lipinski definition) is 5. The molecule has 1 unspecified atom stereocenters. The van der Waals surface area contributed by atoms with E-state index in [0.717, 1.165) is 61.3 Å². The highest BCUT2D eigenvalue weighted by molar-refractivity contribution is 5.96. The number of likely N-dealkylation sites (tertiary alicyclic amines) is 2. The summed E-state index contributed by atoms with van der Waals surface area (Å²) in [4.78, 5) is 22.0. The Morgan fingerprint density at radius 1 is 1.32 bits per heavy atom. The van der Waals surface area contributed by atoms with E-state index in [1.54, 1.807) is 13.3 Å². The number of aryl methyl sites for hydroxylation is 2. The van der Waals surface area contributed by atoms with Crippen molar-refractivity contribution >= 4 is 5.91 Å². The van der Waals surface area contributed by atoms with Crippen LogP contribution in [0.4, 0.5) is 0 Å². The summed E-state index contributed by atoms with van der Waals surface area (Å²) in [5, 5.41) is 0. The molecule has 7 nitrogen and oxygen atoms in total. The zero-order valence-corrected chi connectivity index (χ0v) is 17.5. The molecule has 0 radical (unpaired) electrons. The van der Waals surface area contributed by atoms with Crippen LogP contribution in [0.2, 0.25) is 0 Å². The molecule has 7 heteroatoms. The molecule has 0 saturated carbocycles. The number of nitrogens with zero attached hydrogens (tertiary/aromatic N) is 4. The van der Waals surface area contributed by atoms with Gasteiger partial charge in [-0.3, -0.25) is 4.79 Å². The zero-order chi connectivity index (χ0) is 20.1. The van der Waals surface area contributed by atoms with Gasteiger partial charge < -0.3 is 23.5 Å². The van der Waals surface area contributed by atoms with E-state index >= 15 is 0 Å². The highest BCUT2D eigenvalue weighted by Gasteiger charge is 2.56. The number of carbonyl (C=O) groups is 1. The third-order valence-electron chi connectivity index (χ3n) is 6.38. The number of hydrogen-bond donors (Lipinski definition) is 0. The number of rotatable bonds is 5. The van der Waals surface area contributed by atoms with E-state index in [9.17, 15) is 4.79 Å². The van der Waals surface area contributed by atoms with E-state index in [4.69, 9.17) is 9.15 Å². The van der Waals surface area contributed by atoms with Crippen molar-refractivity contribution in [3.8, 4) is 0 Å². The Hall–Kier alpha value is -2.12. The van der Waals surface area contributed by atoms with Gasteiger partial charge >= 0.3 is 0 Å². The molecule has 1 atom stereocenters. The fourth-order valence-electron chi connectivity index (χ4n) is 4.98. The molecule has 2 aromatic rings. The van der Waals surface area contributed by atoms with Crippen molar-refractivity contribution in [2.45, 2.75) is 33.2 Å². The maximum absolute atomic E-state index is 13.2. The number of aromatic nitrogens is 2. The number of ether oxygens (including phenoxy) is 1. The average Bonchev–Trinajstić information content (AvgIpc) is 3.27. The molecular formula is C21H30N4O3. The van der Waals surface area contributed by atoms with Crippen LogP contribution in [0.5, 0.6) is 0 Å². The molecule has 0 aliphatic carbocycles. The highest BCUT2D eigenvalue weighted by atomic mass is 16.5. The summed E-state index contributed by atoms with van der Waals surface area (Å²) in [5.41, 5.74) is 2.97. The predicted octanol–water partition coefficient (Wildman–Crippen LogP) is 2.22. The molecule has 2 aliphatic heterocycles. The monoisotopic (exact) mass is 386 g/mol. The Morgan fingerprint density at radius 2 is 2.07 bits per heavy atom. The second-order valence-electron chi connectivity index (χ2n) is 8.51. The van der Waals surface area contributed by atoms with Gasteiger partial charge in [0.15, 0.2) is 5.89 Å². The standard InChI is InChI=1S/C21H30N4O3/c1-14-8-17(16(3)25(14)6-7-27-5)20(26)24-12-21(13-24)11-23(4)10-18(21)19-22-9-15(2)28-19/h8-9,18H,6-7,10-13H2,1-5H3. The van der Waals surface area contributed by atoms with Crippen molar-refractivity contribution in [1.82, 2.24) is 19.4 Å². The topological polar surface area (TPSA) is 63.7 Å². The van der Waals surface area contributed by atoms with Crippen molar-refractivity contribution in [2.24, 2.45) is 5.41 Å². The fraction of sp³-hybridized carbons (Fsp3) is 0.619. The van der Waals surface area contributed by atoms with E-state index < -0.39 is 0 Å². The number of likely N-dealkylation sites (N-methyl/N-ethyl adjacent to an activating group) is 1. The number of methoxy groups -OCH3 is 1. The molecule has 1 spiro atoms. The lowest BCUT2D eigenvalue weighted by atomic mass is 9.71. The Balaban J connectivity index is 1.50. The van der Waals surface area contributed by atoms with Gasteiger partial charge in [-0.05, 0) is 33.9 Å². The first kappa shape index (κ1) is 19.2. The third-order valence-corrected chi connectivity index (χ3v) is 6.38. The SMILES string of the molecule is COCCn1c(C)cc(C(=O)N2CC3(CN(C)CC3c3ncc(C)o3)C2)c1C. The lowest BCUT2D eigenvalue weighted by Crippen LogP contribution is -2.61. The Labute approximate surface area is 166 Å². The van der Waals surface area contributed by atoms with E-state index in [1.807, 2.05) is 31.7 Å². The maximum Gasteiger partial charge on any atom is 0.255 e. The minimum atomic E-state index is 0.0449. The van der Waals surface area contributed by atoms with Crippen LogP contribution < -0.4 is 0 Å². The normalized spacial score (nSPS) is 21.5. The molecule has 28 heavy (non-hydrogen) atoms. The number of oxazole rings is 1. The van der Waals surface area contributed by atoms with Crippen LogP contribution in [0.15, 0.2) is 16.7 Å². The minimum Gasteiger partial charge on any atom is -0.446 e. The van der Waals surface area contributed by atoms with Crippen molar-refractivity contribution in [3.63, 3.8) is 0 Å². The summed E-state index contributed by atoms with van der Waals surface area (Å²) < 4.78 is 13.2. The molecule has 2 aliphatic rings. The second-order valence-corrected chi connectivity index (χ2v) is 8.51. The summed E-state index contributed by atoms with van der Waals surface area (Å²) >= 11 is 0. The molecule has 4 heterocycles. The largest absolute Gasteiger partial charge is 0.446 e. The minimum absolute atomic E-state index is 0.0449. The molecule has 2 saturated heterocycles. The zero-order valence-electron chi connectivity index (χ0n) is 17.5. The fourth-order valence-corrected chi connectivity index (χ4v) is 4.98. The van der Waals surface area contributed by atoms with Gasteiger partial charge in [0.25, 0.3) is 5.91 Å². The van der Waals surface area contributed by atoms with Crippen LogP contribution >= 0.6 is 0 Å². The first-order chi connectivity index (χ1) is 13.3. The smallest absolute Gasteiger partial charge is 0.255 e. The van der Waals surface area contributed by atoms with E-state index in [2.05, 4.69) is 21.5 Å². The molecule has 0 bridgehead atoms. The maximum atomic E-state index is 13.2. The van der Waals surface area contributed by atoms with Crippen LogP contribution in [0.1, 0.15) is 39.3 Å². The van der Waals surface area contributed by atoms with Crippen LogP contribution in [0.3, 0.4) is 0 Å². The summed E-state index contributed by atoms with van der Waals surface area (Å²) in [7, 11) is 3.83. The summed E-state index contributed by atoms with van der Waals surface area (Å²) in [6.07, 6.45) is 1.79. The van der Waals surface area contributed by atoms with E-state index in [-0.39, 0.29) is 17.2 Å². The van der Waals surface area contributed by atoms with E-state index in [0.29, 0.717) is 6.61 Å². The van der Waals surface area contributed by atoms with Crippen molar-refractivity contribution < 1.29 is 13.9 Å². The van der Waals surface area contributed by atoms with Gasteiger partial charge in [0.2, 0.25) is 0 Å². The molecule has 2 aromatic heterocycles. The Morgan fingerprint density at radius 3 is 2.71 bits per heavy atom. The molecule has 2 fully saturated rings. The first-order valence-electron chi connectivity index (χ1n) is 9.90. The van der Waals surface area contributed by atoms with Gasteiger partial charge in [0.05, 0.1) is 24.3 Å². The van der Waals surface area contributed by atoms with Crippen LogP contribution in [0.25, 0.3) is 0 Å². The Kier molecular flexibility index (Phi) is 4.83. The lowest BCUT2D eigenvalue weighted by Gasteiger charge is -2.50. The lowest BCUT2D eigenvalue weighted by molar-refractivity contribution is 0.000439. The quantitative estimate of drug-likeness (QED) is 0.788. The van der Waals surface area contributed by atoms with Gasteiger partial charge in [-0.2, -0.15) is 0 Å². The number of carbonyl (C=O) groups excluding carboxylic acids is 1. The van der Waals surface area contributed by atoms with Gasteiger partial charge in [0, 0.05) is 56.6 Å². The van der Waals surface area contributed by atoms with Gasteiger partial charge in [-0.15, -0.1) is 0 Å². The molecule has 1 amide bonds. The van der Waals surface area contributed by atoms with Crippen LogP contribution in [-0.4, -0.2) is 72.2 Å². The van der Waals surface area contributed by atoms with Crippen molar-refractivity contribution in [3.05, 3.63) is 40.9 Å².